The molecule has 0 spiro atoms. The fourth-order valence-corrected chi connectivity index (χ4v) is 1.58. The second kappa shape index (κ2) is 3.38. The van der Waals surface area contributed by atoms with E-state index in [1.807, 2.05) is 13.0 Å². The van der Waals surface area contributed by atoms with Gasteiger partial charge in [-0.3, -0.25) is 4.68 Å². The van der Waals surface area contributed by atoms with Crippen LogP contribution in [-0.2, 0) is 6.54 Å². The summed E-state index contributed by atoms with van der Waals surface area (Å²) in [5.41, 5.74) is 6.83. The number of nitrogens with zero attached hydrogens (tertiary/aromatic N) is 2. The van der Waals surface area contributed by atoms with Gasteiger partial charge in [-0.25, -0.2) is 4.39 Å². The van der Waals surface area contributed by atoms with Crippen molar-refractivity contribution in [2.75, 3.05) is 6.54 Å². The fraction of sp³-hybridized carbons (Fsp3) is 0.300. The zero-order valence-corrected chi connectivity index (χ0v) is 8.00. The van der Waals surface area contributed by atoms with E-state index in [2.05, 4.69) is 5.10 Å². The van der Waals surface area contributed by atoms with E-state index < -0.39 is 0 Å². The van der Waals surface area contributed by atoms with Crippen LogP contribution in [0.5, 0.6) is 0 Å². The molecule has 0 saturated carbocycles. The first-order valence-corrected chi connectivity index (χ1v) is 4.55. The highest BCUT2D eigenvalue weighted by atomic mass is 19.1. The number of hydrogen-bond donors (Lipinski definition) is 1. The molecule has 1 aromatic heterocycles. The lowest BCUT2D eigenvalue weighted by Gasteiger charge is -1.99. The van der Waals surface area contributed by atoms with Crippen LogP contribution < -0.4 is 5.73 Å². The lowest BCUT2D eigenvalue weighted by atomic mass is 10.2. The van der Waals surface area contributed by atoms with Crippen molar-refractivity contribution in [3.05, 3.63) is 29.7 Å². The lowest BCUT2D eigenvalue weighted by Crippen LogP contribution is -2.12. The highest BCUT2D eigenvalue weighted by molar-refractivity contribution is 5.81. The highest BCUT2D eigenvalue weighted by Gasteiger charge is 2.09. The van der Waals surface area contributed by atoms with Gasteiger partial charge >= 0.3 is 0 Å². The number of benzene rings is 1. The number of hydrogen-bond acceptors (Lipinski definition) is 2. The first kappa shape index (κ1) is 9.15. The van der Waals surface area contributed by atoms with E-state index >= 15 is 0 Å². The molecule has 0 amide bonds. The minimum Gasteiger partial charge on any atom is -0.329 e. The minimum atomic E-state index is -0.277. The molecule has 0 bridgehead atoms. The molecule has 0 fully saturated rings. The number of aryl methyl sites for hydroxylation is 1. The minimum absolute atomic E-state index is 0.277. The largest absolute Gasteiger partial charge is 0.329 e. The summed E-state index contributed by atoms with van der Waals surface area (Å²) in [5, 5.41) is 5.02. The maximum atomic E-state index is 13.3. The van der Waals surface area contributed by atoms with Gasteiger partial charge in [-0.2, -0.15) is 5.10 Å². The van der Waals surface area contributed by atoms with E-state index in [4.69, 9.17) is 5.73 Å². The molecular weight excluding hydrogens is 181 g/mol. The monoisotopic (exact) mass is 193 g/mol. The molecule has 3 nitrogen and oxygen atoms in total. The van der Waals surface area contributed by atoms with E-state index in [0.29, 0.717) is 18.6 Å². The number of rotatable bonds is 2. The van der Waals surface area contributed by atoms with Crippen molar-refractivity contribution in [2.24, 2.45) is 5.73 Å². The molecule has 1 aromatic carbocycles. The van der Waals surface area contributed by atoms with Gasteiger partial charge in [0, 0.05) is 17.6 Å². The normalized spacial score (nSPS) is 11.1. The number of halogens is 1. The summed E-state index contributed by atoms with van der Waals surface area (Å²) < 4.78 is 15.1. The van der Waals surface area contributed by atoms with Gasteiger partial charge in [-0.05, 0) is 13.0 Å². The molecule has 2 N–H and O–H groups in total. The summed E-state index contributed by atoms with van der Waals surface area (Å²) in [6.07, 6.45) is 0. The van der Waals surface area contributed by atoms with Crippen LogP contribution in [0.1, 0.15) is 5.69 Å². The topological polar surface area (TPSA) is 43.8 Å². The van der Waals surface area contributed by atoms with Crippen molar-refractivity contribution in [1.82, 2.24) is 9.78 Å². The third kappa shape index (κ3) is 1.28. The Kier molecular flexibility index (Phi) is 2.21. The Morgan fingerprint density at radius 3 is 2.93 bits per heavy atom. The predicted octanol–water partition coefficient (Wildman–Crippen LogP) is 1.44. The van der Waals surface area contributed by atoms with Gasteiger partial charge in [0.15, 0.2) is 5.82 Å². The number of aromatic nitrogens is 2. The summed E-state index contributed by atoms with van der Waals surface area (Å²) >= 11 is 0. The Hall–Kier alpha value is -1.42. The van der Waals surface area contributed by atoms with Gasteiger partial charge in [0.05, 0.1) is 6.54 Å². The Labute approximate surface area is 81.3 Å². The Morgan fingerprint density at radius 1 is 1.50 bits per heavy atom. The van der Waals surface area contributed by atoms with Gasteiger partial charge in [-0.1, -0.05) is 12.1 Å². The summed E-state index contributed by atoms with van der Waals surface area (Å²) in [6.45, 7) is 3.06. The van der Waals surface area contributed by atoms with Crippen LogP contribution in [0.4, 0.5) is 4.39 Å². The molecule has 0 radical (unpaired) electrons. The van der Waals surface area contributed by atoms with Gasteiger partial charge in [0.25, 0.3) is 0 Å². The third-order valence-corrected chi connectivity index (χ3v) is 2.33. The van der Waals surface area contributed by atoms with E-state index in [-0.39, 0.29) is 5.82 Å². The first-order chi connectivity index (χ1) is 6.74. The van der Waals surface area contributed by atoms with E-state index in [1.54, 1.807) is 10.7 Å². The second-order valence-electron chi connectivity index (χ2n) is 3.23. The second-order valence-corrected chi connectivity index (χ2v) is 3.23. The fourth-order valence-electron chi connectivity index (χ4n) is 1.58. The lowest BCUT2D eigenvalue weighted by molar-refractivity contribution is 0.601. The van der Waals surface area contributed by atoms with Gasteiger partial charge in [0.1, 0.15) is 5.52 Å². The van der Waals surface area contributed by atoms with Crippen LogP contribution in [0.25, 0.3) is 10.9 Å². The molecule has 0 saturated heterocycles. The van der Waals surface area contributed by atoms with Gasteiger partial charge < -0.3 is 5.73 Å². The molecule has 0 aliphatic rings. The van der Waals surface area contributed by atoms with Crippen molar-refractivity contribution in [1.29, 1.82) is 0 Å². The van der Waals surface area contributed by atoms with Crippen LogP contribution in [0.15, 0.2) is 18.2 Å². The van der Waals surface area contributed by atoms with Gasteiger partial charge in [0.2, 0.25) is 0 Å². The Balaban J connectivity index is 2.67. The van der Waals surface area contributed by atoms with Crippen LogP contribution in [0.3, 0.4) is 0 Å². The molecule has 0 unspecified atom stereocenters. The van der Waals surface area contributed by atoms with Crippen LogP contribution in [0, 0.1) is 12.7 Å². The van der Waals surface area contributed by atoms with Crippen LogP contribution in [0.2, 0.25) is 0 Å². The molecule has 74 valence electrons. The highest BCUT2D eigenvalue weighted by Crippen LogP contribution is 2.19. The molecule has 4 heteroatoms. The summed E-state index contributed by atoms with van der Waals surface area (Å²) in [5.74, 6) is -0.277. The zero-order chi connectivity index (χ0) is 10.1. The predicted molar refractivity (Wildman–Crippen MR) is 53.5 cm³/mol. The smallest absolute Gasteiger partial charge is 0.151 e. The summed E-state index contributed by atoms with van der Waals surface area (Å²) in [7, 11) is 0. The average Bonchev–Trinajstić information content (AvgIpc) is 2.48. The van der Waals surface area contributed by atoms with Crippen molar-refractivity contribution >= 4 is 10.9 Å². The van der Waals surface area contributed by atoms with Crippen molar-refractivity contribution in [3.8, 4) is 0 Å². The maximum Gasteiger partial charge on any atom is 0.151 e. The zero-order valence-electron chi connectivity index (χ0n) is 8.00. The molecule has 0 aliphatic heterocycles. The van der Waals surface area contributed by atoms with Crippen LogP contribution >= 0.6 is 0 Å². The quantitative estimate of drug-likeness (QED) is 0.784. The Bertz CT molecular complexity index is 462. The maximum absolute atomic E-state index is 13.3. The standard InChI is InChI=1S/C10H12FN3/c1-7-8-3-2-4-9(11)10(8)13-14(7)6-5-12/h2-4H,5-6,12H2,1H3. The summed E-state index contributed by atoms with van der Waals surface area (Å²) in [6, 6.07) is 4.98. The van der Waals surface area contributed by atoms with Crippen molar-refractivity contribution < 1.29 is 4.39 Å². The molecule has 0 atom stereocenters. The SMILES string of the molecule is Cc1c2cccc(F)c2nn1CCN. The average molecular weight is 193 g/mol. The van der Waals surface area contributed by atoms with E-state index in [0.717, 1.165) is 11.1 Å². The van der Waals surface area contributed by atoms with Crippen LogP contribution in [-0.4, -0.2) is 16.3 Å². The van der Waals surface area contributed by atoms with Crippen molar-refractivity contribution in [3.63, 3.8) is 0 Å². The molecule has 1 heterocycles. The number of fused-ring (bicyclic) bond motifs is 1. The number of nitrogens with two attached hydrogens (primary N) is 1. The molecule has 2 aromatic rings. The van der Waals surface area contributed by atoms with Gasteiger partial charge in [-0.15, -0.1) is 0 Å². The molecule has 2 rings (SSSR count). The molecule has 0 aliphatic carbocycles. The van der Waals surface area contributed by atoms with E-state index in [1.165, 1.54) is 6.07 Å². The Morgan fingerprint density at radius 2 is 2.29 bits per heavy atom. The van der Waals surface area contributed by atoms with Crippen molar-refractivity contribution in [2.45, 2.75) is 13.5 Å². The van der Waals surface area contributed by atoms with E-state index in [9.17, 15) is 4.39 Å². The summed E-state index contributed by atoms with van der Waals surface area (Å²) in [4.78, 5) is 0. The molecule has 14 heavy (non-hydrogen) atoms. The first-order valence-electron chi connectivity index (χ1n) is 4.55. The molecular formula is C10H12FN3. The third-order valence-electron chi connectivity index (χ3n) is 2.33.